The standard InChI is InChI=1S/C20H20N2O/c1-13(2)23-16-11-9-15(10-12-16)20-21-17-7-3-5-14-6-4-8-18(22-20)19(14)17/h3-13,20-22H,1-2H3. The number of hydrogen-bond acceptors (Lipinski definition) is 3. The Labute approximate surface area is 136 Å². The number of nitrogens with one attached hydrogen (secondary N) is 2. The van der Waals surface area contributed by atoms with Gasteiger partial charge in [0.25, 0.3) is 0 Å². The van der Waals surface area contributed by atoms with Gasteiger partial charge in [0.05, 0.1) is 6.10 Å². The molecule has 1 aliphatic heterocycles. The molecule has 0 fully saturated rings. The van der Waals surface area contributed by atoms with Crippen LogP contribution in [0.1, 0.15) is 25.6 Å². The Morgan fingerprint density at radius 3 is 2.00 bits per heavy atom. The van der Waals surface area contributed by atoms with Crippen LogP contribution in [0.4, 0.5) is 11.4 Å². The highest BCUT2D eigenvalue weighted by Gasteiger charge is 2.19. The Morgan fingerprint density at radius 1 is 0.826 bits per heavy atom. The zero-order chi connectivity index (χ0) is 15.8. The van der Waals surface area contributed by atoms with Crippen molar-refractivity contribution in [2.24, 2.45) is 0 Å². The highest BCUT2D eigenvalue weighted by Crippen LogP contribution is 2.38. The van der Waals surface area contributed by atoms with Crippen molar-refractivity contribution >= 4 is 22.1 Å². The average Bonchev–Trinajstić information content (AvgIpc) is 2.55. The molecule has 0 atom stereocenters. The van der Waals surface area contributed by atoms with E-state index in [1.165, 1.54) is 27.7 Å². The van der Waals surface area contributed by atoms with Crippen molar-refractivity contribution in [3.05, 3.63) is 66.2 Å². The topological polar surface area (TPSA) is 33.3 Å². The molecule has 4 rings (SSSR count). The molecule has 23 heavy (non-hydrogen) atoms. The lowest BCUT2D eigenvalue weighted by Gasteiger charge is -2.30. The molecule has 2 N–H and O–H groups in total. The van der Waals surface area contributed by atoms with E-state index in [0.717, 1.165) is 5.75 Å². The summed E-state index contributed by atoms with van der Waals surface area (Å²) in [6.07, 6.45) is 0.250. The highest BCUT2D eigenvalue weighted by molar-refractivity contribution is 6.04. The molecule has 0 saturated carbocycles. The van der Waals surface area contributed by atoms with E-state index >= 15 is 0 Å². The molecule has 0 aromatic heterocycles. The summed E-state index contributed by atoms with van der Waals surface area (Å²) in [4.78, 5) is 0. The summed E-state index contributed by atoms with van der Waals surface area (Å²) in [5.41, 5.74) is 3.53. The quantitative estimate of drug-likeness (QED) is 0.701. The van der Waals surface area contributed by atoms with Crippen LogP contribution in [0.2, 0.25) is 0 Å². The van der Waals surface area contributed by atoms with Crippen LogP contribution in [0.25, 0.3) is 10.8 Å². The van der Waals surface area contributed by atoms with E-state index in [4.69, 9.17) is 4.74 Å². The fraction of sp³-hybridized carbons (Fsp3) is 0.200. The second-order valence-corrected chi connectivity index (χ2v) is 6.17. The zero-order valence-corrected chi connectivity index (χ0v) is 13.3. The van der Waals surface area contributed by atoms with Crippen LogP contribution in [-0.4, -0.2) is 6.10 Å². The van der Waals surface area contributed by atoms with Crippen molar-refractivity contribution in [1.29, 1.82) is 0 Å². The van der Waals surface area contributed by atoms with Gasteiger partial charge in [0.15, 0.2) is 0 Å². The molecule has 3 nitrogen and oxygen atoms in total. The van der Waals surface area contributed by atoms with Gasteiger partial charge in [0, 0.05) is 16.8 Å². The van der Waals surface area contributed by atoms with Crippen LogP contribution in [0, 0.1) is 0 Å². The first-order valence-electron chi connectivity index (χ1n) is 8.02. The predicted octanol–water partition coefficient (Wildman–Crippen LogP) is 5.16. The minimum Gasteiger partial charge on any atom is -0.491 e. The first-order valence-corrected chi connectivity index (χ1v) is 8.02. The van der Waals surface area contributed by atoms with E-state index in [1.54, 1.807) is 0 Å². The van der Waals surface area contributed by atoms with Gasteiger partial charge in [-0.15, -0.1) is 0 Å². The average molecular weight is 304 g/mol. The maximum atomic E-state index is 5.72. The normalized spacial score (nSPS) is 13.7. The highest BCUT2D eigenvalue weighted by atomic mass is 16.5. The first-order chi connectivity index (χ1) is 11.2. The molecule has 0 amide bonds. The van der Waals surface area contributed by atoms with Crippen LogP contribution in [0.15, 0.2) is 60.7 Å². The van der Waals surface area contributed by atoms with E-state index in [1.807, 2.05) is 26.0 Å². The Balaban J connectivity index is 1.65. The summed E-state index contributed by atoms with van der Waals surface area (Å²) in [7, 11) is 0. The molecule has 1 aliphatic rings. The summed E-state index contributed by atoms with van der Waals surface area (Å²) in [5.74, 6) is 0.905. The van der Waals surface area contributed by atoms with Crippen molar-refractivity contribution in [3.8, 4) is 5.75 Å². The molecule has 1 heterocycles. The smallest absolute Gasteiger partial charge is 0.123 e. The van der Waals surface area contributed by atoms with Gasteiger partial charge in [-0.3, -0.25) is 0 Å². The largest absolute Gasteiger partial charge is 0.491 e. The molecular formula is C20H20N2O. The maximum absolute atomic E-state index is 5.72. The van der Waals surface area contributed by atoms with Crippen molar-refractivity contribution in [2.45, 2.75) is 26.1 Å². The molecule has 0 unspecified atom stereocenters. The fourth-order valence-corrected chi connectivity index (χ4v) is 3.11. The van der Waals surface area contributed by atoms with E-state index in [-0.39, 0.29) is 12.3 Å². The maximum Gasteiger partial charge on any atom is 0.123 e. The van der Waals surface area contributed by atoms with Crippen LogP contribution in [-0.2, 0) is 0 Å². The van der Waals surface area contributed by atoms with Gasteiger partial charge >= 0.3 is 0 Å². The lowest BCUT2D eigenvalue weighted by atomic mass is 10.0. The van der Waals surface area contributed by atoms with Gasteiger partial charge in [-0.05, 0) is 49.1 Å². The first kappa shape index (κ1) is 13.9. The summed E-state index contributed by atoms with van der Waals surface area (Å²) < 4.78 is 5.72. The monoisotopic (exact) mass is 304 g/mol. The summed E-state index contributed by atoms with van der Waals surface area (Å²) in [6.45, 7) is 4.07. The summed E-state index contributed by atoms with van der Waals surface area (Å²) >= 11 is 0. The van der Waals surface area contributed by atoms with Gasteiger partial charge < -0.3 is 15.4 Å². The van der Waals surface area contributed by atoms with E-state index in [2.05, 4.69) is 59.2 Å². The minimum atomic E-state index is 0.0589. The number of ether oxygens (including phenoxy) is 1. The number of hydrogen-bond donors (Lipinski definition) is 2. The third-order valence-electron chi connectivity index (χ3n) is 4.09. The van der Waals surface area contributed by atoms with Crippen LogP contribution in [0.3, 0.4) is 0 Å². The van der Waals surface area contributed by atoms with Crippen molar-refractivity contribution in [3.63, 3.8) is 0 Å². The second-order valence-electron chi connectivity index (χ2n) is 6.17. The van der Waals surface area contributed by atoms with Crippen LogP contribution >= 0.6 is 0 Å². The lowest BCUT2D eigenvalue weighted by Crippen LogP contribution is -2.23. The Hall–Kier alpha value is -2.68. The summed E-state index contributed by atoms with van der Waals surface area (Å²) in [6, 6.07) is 21.0. The van der Waals surface area contributed by atoms with E-state index in [0.29, 0.717) is 0 Å². The molecule has 0 spiro atoms. The van der Waals surface area contributed by atoms with Crippen LogP contribution < -0.4 is 15.4 Å². The van der Waals surface area contributed by atoms with E-state index in [9.17, 15) is 0 Å². The number of rotatable bonds is 3. The van der Waals surface area contributed by atoms with Crippen LogP contribution in [0.5, 0.6) is 5.75 Å². The van der Waals surface area contributed by atoms with Gasteiger partial charge in [0.2, 0.25) is 0 Å². The van der Waals surface area contributed by atoms with Crippen molar-refractivity contribution < 1.29 is 4.74 Å². The summed E-state index contributed by atoms with van der Waals surface area (Å²) in [5, 5.41) is 9.68. The van der Waals surface area contributed by atoms with Crippen molar-refractivity contribution in [2.75, 3.05) is 10.6 Å². The van der Waals surface area contributed by atoms with Gasteiger partial charge in [-0.1, -0.05) is 36.4 Å². The second kappa shape index (κ2) is 5.51. The molecular weight excluding hydrogens is 284 g/mol. The third-order valence-corrected chi connectivity index (χ3v) is 4.09. The molecule has 116 valence electrons. The molecule has 0 radical (unpaired) electrons. The zero-order valence-electron chi connectivity index (χ0n) is 13.3. The Kier molecular flexibility index (Phi) is 3.34. The lowest BCUT2D eigenvalue weighted by molar-refractivity contribution is 0.242. The SMILES string of the molecule is CC(C)Oc1ccc(C2Nc3cccc4cccc(c34)N2)cc1. The van der Waals surface area contributed by atoms with Crippen molar-refractivity contribution in [1.82, 2.24) is 0 Å². The third kappa shape index (κ3) is 2.59. The molecule has 0 saturated heterocycles. The fourth-order valence-electron chi connectivity index (χ4n) is 3.11. The molecule has 3 aromatic rings. The number of benzene rings is 3. The Morgan fingerprint density at radius 2 is 1.43 bits per heavy atom. The molecule has 3 aromatic carbocycles. The van der Waals surface area contributed by atoms with Gasteiger partial charge in [-0.25, -0.2) is 0 Å². The minimum absolute atomic E-state index is 0.0589. The van der Waals surface area contributed by atoms with Gasteiger partial charge in [-0.2, -0.15) is 0 Å². The molecule has 0 aliphatic carbocycles. The predicted molar refractivity (Wildman–Crippen MR) is 96.1 cm³/mol. The molecule has 3 heteroatoms. The number of anilines is 2. The Bertz CT molecular complexity index is 799. The van der Waals surface area contributed by atoms with Gasteiger partial charge in [0.1, 0.15) is 11.9 Å². The molecule has 0 bridgehead atoms. The van der Waals surface area contributed by atoms with E-state index < -0.39 is 0 Å².